The van der Waals surface area contributed by atoms with Crippen molar-refractivity contribution in [2.45, 2.75) is 251 Å². The van der Waals surface area contributed by atoms with Gasteiger partial charge in [-0.2, -0.15) is 0 Å². The lowest BCUT2D eigenvalue weighted by atomic mass is 10.1. The second kappa shape index (κ2) is 59.0. The van der Waals surface area contributed by atoms with Gasteiger partial charge in [0.1, 0.15) is 12.7 Å². The minimum absolute atomic E-state index is 0.129. The maximum Gasteiger partial charge on any atom is 0.472 e. The zero-order valence-corrected chi connectivity index (χ0v) is 50.0. The van der Waals surface area contributed by atoms with E-state index in [1.165, 1.54) is 19.3 Å². The molecule has 12 heteroatoms. The first-order chi connectivity index (χ1) is 38.2. The SMILES string of the molecule is CC/C=C\C/C=C\C/C=C\C/C=C\CCCCCCCCC(=O)OCC(COP(=O)(O)OCC(CO)OC(=O)CCCCCCC/C=C\C/C=C\CCCCC)OC(=O)CCCCCC/C=C\C/C=C\C/C=C\C/C=C\CC. The first kappa shape index (κ1) is 73.9. The van der Waals surface area contributed by atoms with Gasteiger partial charge in [-0.05, 0) is 128 Å². The van der Waals surface area contributed by atoms with Crippen LogP contribution in [0, 0.1) is 0 Å². The van der Waals surface area contributed by atoms with Gasteiger partial charge in [0.15, 0.2) is 6.10 Å². The molecule has 3 unspecified atom stereocenters. The smallest absolute Gasteiger partial charge is 0.462 e. The van der Waals surface area contributed by atoms with E-state index in [-0.39, 0.29) is 25.9 Å². The Labute approximate surface area is 475 Å². The van der Waals surface area contributed by atoms with Crippen molar-refractivity contribution < 1.29 is 52.2 Å². The fraction of sp³-hybridized carbons (Fsp3) is 0.652. The molecule has 0 aliphatic carbocycles. The molecule has 0 rings (SSSR count). The Bertz CT molecular complexity index is 1770. The number of allylic oxidation sites excluding steroid dienone is 20. The highest BCUT2D eigenvalue weighted by molar-refractivity contribution is 7.47. The second-order valence-electron chi connectivity index (χ2n) is 19.7. The summed E-state index contributed by atoms with van der Waals surface area (Å²) in [7, 11) is -4.77. The highest BCUT2D eigenvalue weighted by atomic mass is 31.2. The van der Waals surface area contributed by atoms with Crippen molar-refractivity contribution in [3.05, 3.63) is 122 Å². The highest BCUT2D eigenvalue weighted by Crippen LogP contribution is 2.43. The minimum atomic E-state index is -4.77. The van der Waals surface area contributed by atoms with Gasteiger partial charge in [0.05, 0.1) is 19.8 Å². The third-order valence-electron chi connectivity index (χ3n) is 12.3. The molecular weight excluding hydrogens is 1000 g/mol. The van der Waals surface area contributed by atoms with E-state index in [0.717, 1.165) is 161 Å². The molecule has 0 fully saturated rings. The van der Waals surface area contributed by atoms with Crippen LogP contribution in [-0.4, -0.2) is 66.5 Å². The fourth-order valence-corrected chi connectivity index (χ4v) is 8.56. The van der Waals surface area contributed by atoms with E-state index < -0.39 is 57.8 Å². The van der Waals surface area contributed by atoms with Gasteiger partial charge in [-0.3, -0.25) is 23.4 Å². The molecule has 0 aliphatic heterocycles. The van der Waals surface area contributed by atoms with Crippen molar-refractivity contribution in [3.8, 4) is 0 Å². The fourth-order valence-electron chi connectivity index (χ4n) is 7.78. The van der Waals surface area contributed by atoms with Gasteiger partial charge in [-0.25, -0.2) is 4.57 Å². The van der Waals surface area contributed by atoms with E-state index in [2.05, 4.69) is 142 Å². The number of esters is 3. The standard InChI is InChI=1S/C66H109O11P/c1-4-7-10-13-16-19-22-25-28-30-31-33-35-37-40-43-46-49-52-55-64(68)73-59-63(77-66(70)57-54-51-48-45-42-39-36-32-29-26-23-20-17-14-11-8-5-2)61-75-78(71,72)74-60-62(58-67)76-65(69)56-53-50-47-44-41-38-34-27-24-21-18-15-12-9-6-3/h7-8,10-11,16-21,25-29,31,33-34,36,39,62-63,67H,4-6,9,12-15,22-24,30,32,35,37-38,40-61H2,1-3H3,(H,71,72)/b10-7-,11-8-,19-16-,20-17-,21-18-,28-25-,29-26-,33-31-,34-27-,39-36-. The lowest BCUT2D eigenvalue weighted by Crippen LogP contribution is -2.30. The second-order valence-corrected chi connectivity index (χ2v) is 21.2. The summed E-state index contributed by atoms with van der Waals surface area (Å²) >= 11 is 0. The Morgan fingerprint density at radius 3 is 1.03 bits per heavy atom. The van der Waals surface area contributed by atoms with Crippen molar-refractivity contribution in [2.24, 2.45) is 0 Å². The lowest BCUT2D eigenvalue weighted by molar-refractivity contribution is -0.161. The predicted octanol–water partition coefficient (Wildman–Crippen LogP) is 18.4. The van der Waals surface area contributed by atoms with E-state index in [0.29, 0.717) is 19.3 Å². The molecule has 0 bridgehead atoms. The van der Waals surface area contributed by atoms with Gasteiger partial charge in [0.2, 0.25) is 0 Å². The number of ether oxygens (including phenoxy) is 3. The summed E-state index contributed by atoms with van der Waals surface area (Å²) in [4.78, 5) is 48.7. The molecule has 0 aromatic rings. The monoisotopic (exact) mass is 1110 g/mol. The van der Waals surface area contributed by atoms with Crippen molar-refractivity contribution in [3.63, 3.8) is 0 Å². The molecule has 0 radical (unpaired) electrons. The number of phosphoric acid groups is 1. The van der Waals surface area contributed by atoms with E-state index in [1.54, 1.807) is 0 Å². The molecule has 0 saturated carbocycles. The number of rotatable bonds is 55. The molecule has 78 heavy (non-hydrogen) atoms. The van der Waals surface area contributed by atoms with E-state index in [4.69, 9.17) is 23.3 Å². The maximum atomic E-state index is 12.9. The Morgan fingerprint density at radius 2 is 0.667 bits per heavy atom. The summed E-state index contributed by atoms with van der Waals surface area (Å²) in [5.74, 6) is -1.53. The molecule has 11 nitrogen and oxygen atoms in total. The number of carbonyl (C=O) groups is 3. The summed E-state index contributed by atoms with van der Waals surface area (Å²) in [6.45, 7) is 4.33. The molecule has 0 heterocycles. The number of unbranched alkanes of at least 4 members (excludes halogenated alkanes) is 18. The van der Waals surface area contributed by atoms with Gasteiger partial charge < -0.3 is 24.2 Å². The Kier molecular flexibility index (Phi) is 55.9. The first-order valence-corrected chi connectivity index (χ1v) is 31.9. The van der Waals surface area contributed by atoms with Gasteiger partial charge in [-0.1, -0.05) is 213 Å². The maximum absolute atomic E-state index is 12.9. The molecule has 0 spiro atoms. The molecule has 2 N–H and O–H groups in total. The molecule has 0 aromatic carbocycles. The number of phosphoric ester groups is 1. The zero-order chi connectivity index (χ0) is 56.9. The van der Waals surface area contributed by atoms with Crippen molar-refractivity contribution in [1.29, 1.82) is 0 Å². The quantitative estimate of drug-likeness (QED) is 0.0197. The predicted molar refractivity (Wildman–Crippen MR) is 325 cm³/mol. The van der Waals surface area contributed by atoms with Crippen molar-refractivity contribution in [1.82, 2.24) is 0 Å². The van der Waals surface area contributed by atoms with Crippen LogP contribution in [0.2, 0.25) is 0 Å². The third kappa shape index (κ3) is 56.6. The number of carbonyl (C=O) groups excluding carboxylic acids is 3. The van der Waals surface area contributed by atoms with E-state index >= 15 is 0 Å². The number of hydrogen-bond donors (Lipinski definition) is 2. The van der Waals surface area contributed by atoms with Crippen LogP contribution >= 0.6 is 7.82 Å². The molecule has 0 amide bonds. The van der Waals surface area contributed by atoms with Gasteiger partial charge in [-0.15, -0.1) is 0 Å². The van der Waals surface area contributed by atoms with Crippen LogP contribution in [0.5, 0.6) is 0 Å². The van der Waals surface area contributed by atoms with Gasteiger partial charge >= 0.3 is 25.7 Å². The summed E-state index contributed by atoms with van der Waals surface area (Å²) in [6.07, 6.45) is 72.9. The third-order valence-corrected chi connectivity index (χ3v) is 13.3. The molecule has 0 saturated heterocycles. The van der Waals surface area contributed by atoms with E-state index in [1.807, 2.05) is 0 Å². The normalized spacial score (nSPS) is 14.2. The molecular formula is C66H109O11P. The largest absolute Gasteiger partial charge is 0.472 e. The van der Waals surface area contributed by atoms with Crippen LogP contribution in [0.4, 0.5) is 0 Å². The van der Waals surface area contributed by atoms with E-state index in [9.17, 15) is 28.9 Å². The lowest BCUT2D eigenvalue weighted by Gasteiger charge is -2.21. The Balaban J connectivity index is 4.81. The number of hydrogen-bond acceptors (Lipinski definition) is 10. The number of aliphatic hydroxyl groups excluding tert-OH is 1. The summed E-state index contributed by atoms with van der Waals surface area (Å²) in [5.41, 5.74) is 0. The number of aliphatic hydroxyl groups is 1. The zero-order valence-electron chi connectivity index (χ0n) is 49.1. The summed E-state index contributed by atoms with van der Waals surface area (Å²) < 4.78 is 39.6. The van der Waals surface area contributed by atoms with Crippen LogP contribution in [0.25, 0.3) is 0 Å². The van der Waals surface area contributed by atoms with Crippen LogP contribution in [0.1, 0.15) is 239 Å². The summed E-state index contributed by atoms with van der Waals surface area (Å²) in [5, 5.41) is 9.83. The van der Waals surface area contributed by atoms with Crippen LogP contribution < -0.4 is 0 Å². The average molecular weight is 1110 g/mol. The van der Waals surface area contributed by atoms with Crippen molar-refractivity contribution in [2.75, 3.05) is 26.4 Å². The molecule has 0 aromatic heterocycles. The topological polar surface area (TPSA) is 155 Å². The Hall–Kier alpha value is -4.12. The first-order valence-electron chi connectivity index (χ1n) is 30.4. The van der Waals surface area contributed by atoms with Crippen LogP contribution in [0.15, 0.2) is 122 Å². The minimum Gasteiger partial charge on any atom is -0.462 e. The van der Waals surface area contributed by atoms with Gasteiger partial charge in [0, 0.05) is 19.3 Å². The van der Waals surface area contributed by atoms with Crippen molar-refractivity contribution >= 4 is 25.7 Å². The average Bonchev–Trinajstić information content (AvgIpc) is 3.43. The Morgan fingerprint density at radius 1 is 0.372 bits per heavy atom. The molecule has 444 valence electrons. The molecule has 0 aliphatic rings. The van der Waals surface area contributed by atoms with Gasteiger partial charge in [0.25, 0.3) is 0 Å². The van der Waals surface area contributed by atoms with Crippen LogP contribution in [0.3, 0.4) is 0 Å². The summed E-state index contributed by atoms with van der Waals surface area (Å²) in [6, 6.07) is 0. The highest BCUT2D eigenvalue weighted by Gasteiger charge is 2.28. The van der Waals surface area contributed by atoms with Crippen LogP contribution in [-0.2, 0) is 42.2 Å². The molecule has 3 atom stereocenters.